The van der Waals surface area contributed by atoms with Crippen molar-refractivity contribution in [3.8, 4) is 21.6 Å². The maximum absolute atomic E-state index is 14.8. The van der Waals surface area contributed by atoms with Gasteiger partial charge in [0, 0.05) is 16.1 Å². The van der Waals surface area contributed by atoms with Crippen molar-refractivity contribution in [3.05, 3.63) is 94.4 Å². The molecular formula is C29H24ClFN2O4S. The molecule has 1 saturated carbocycles. The van der Waals surface area contributed by atoms with Gasteiger partial charge in [0.2, 0.25) is 0 Å². The van der Waals surface area contributed by atoms with Crippen molar-refractivity contribution in [1.82, 2.24) is 4.37 Å². The molecule has 6 nitrogen and oxygen atoms in total. The second-order valence-electron chi connectivity index (χ2n) is 9.33. The van der Waals surface area contributed by atoms with Gasteiger partial charge in [0.25, 0.3) is 0 Å². The van der Waals surface area contributed by atoms with Crippen LogP contribution in [-0.2, 0) is 14.9 Å². The first-order valence-electron chi connectivity index (χ1n) is 12.0. The highest BCUT2D eigenvalue weighted by Gasteiger charge is 2.53. The van der Waals surface area contributed by atoms with E-state index in [9.17, 15) is 19.1 Å². The molecule has 0 aliphatic heterocycles. The molecule has 1 amide bonds. The molecule has 1 aliphatic carbocycles. The molecule has 0 saturated heterocycles. The molecular weight excluding hydrogens is 527 g/mol. The highest BCUT2D eigenvalue weighted by Crippen LogP contribution is 2.49. The van der Waals surface area contributed by atoms with Crippen molar-refractivity contribution in [3.63, 3.8) is 0 Å². The number of nitrogens with one attached hydrogen (secondary N) is 1. The minimum Gasteiger partial charge on any atom is -0.481 e. The van der Waals surface area contributed by atoms with Crippen molar-refractivity contribution >= 4 is 40.9 Å². The fraction of sp³-hybridized carbons (Fsp3) is 0.207. The summed E-state index contributed by atoms with van der Waals surface area (Å²) in [5, 5.41) is 12.8. The summed E-state index contributed by atoms with van der Waals surface area (Å²) in [6.07, 6.45) is -0.270. The Kier molecular flexibility index (Phi) is 6.94. The molecule has 1 atom stereocenters. The highest BCUT2D eigenvalue weighted by atomic mass is 35.5. The number of amides is 1. The Morgan fingerprint density at radius 2 is 1.74 bits per heavy atom. The van der Waals surface area contributed by atoms with Crippen LogP contribution in [-0.4, -0.2) is 21.5 Å². The number of halogens is 2. The van der Waals surface area contributed by atoms with Gasteiger partial charge in [-0.05, 0) is 67.0 Å². The Bertz CT molecular complexity index is 1530. The number of carboxylic acid groups (broad SMARTS) is 1. The zero-order valence-electron chi connectivity index (χ0n) is 20.6. The summed E-state index contributed by atoms with van der Waals surface area (Å²) < 4.78 is 24.8. The van der Waals surface area contributed by atoms with Crippen LogP contribution in [0.15, 0.2) is 66.7 Å². The smallest absolute Gasteiger partial charge is 0.412 e. The van der Waals surface area contributed by atoms with Crippen molar-refractivity contribution in [2.75, 3.05) is 5.32 Å². The van der Waals surface area contributed by atoms with E-state index in [1.807, 2.05) is 36.4 Å². The first-order chi connectivity index (χ1) is 18.2. The second kappa shape index (κ2) is 10.2. The molecule has 0 radical (unpaired) electrons. The number of ether oxygens (including phenoxy) is 1. The number of carboxylic acids is 1. The van der Waals surface area contributed by atoms with Gasteiger partial charge in [-0.25, -0.2) is 9.18 Å². The number of rotatable bonds is 7. The molecule has 5 rings (SSSR count). The molecule has 194 valence electrons. The minimum absolute atomic E-state index is 0.233. The van der Waals surface area contributed by atoms with Crippen LogP contribution in [0.1, 0.15) is 42.7 Å². The van der Waals surface area contributed by atoms with Crippen LogP contribution >= 0.6 is 23.1 Å². The van der Waals surface area contributed by atoms with Gasteiger partial charge in [-0.2, -0.15) is 4.37 Å². The van der Waals surface area contributed by atoms with Gasteiger partial charge < -0.3 is 9.84 Å². The van der Waals surface area contributed by atoms with Crippen molar-refractivity contribution in [2.45, 2.75) is 38.2 Å². The monoisotopic (exact) mass is 550 g/mol. The fourth-order valence-electron chi connectivity index (χ4n) is 4.49. The molecule has 1 heterocycles. The van der Waals surface area contributed by atoms with E-state index in [0.29, 0.717) is 40.4 Å². The molecule has 9 heteroatoms. The Hall–Kier alpha value is -3.75. The summed E-state index contributed by atoms with van der Waals surface area (Å²) in [4.78, 5) is 25.0. The van der Waals surface area contributed by atoms with Crippen LogP contribution in [0.25, 0.3) is 21.6 Å². The predicted octanol–water partition coefficient (Wildman–Crippen LogP) is 8.00. The molecule has 38 heavy (non-hydrogen) atoms. The van der Waals surface area contributed by atoms with Crippen LogP contribution in [0.3, 0.4) is 0 Å². The molecule has 1 unspecified atom stereocenters. The number of carbonyl (C=O) groups excluding carboxylic acids is 1. The molecule has 3 aromatic carbocycles. The Balaban J connectivity index is 1.33. The number of anilines is 1. The summed E-state index contributed by atoms with van der Waals surface area (Å²) in [5.41, 5.74) is 3.31. The fourth-order valence-corrected chi connectivity index (χ4v) is 5.63. The minimum atomic E-state index is -1.09. The maximum atomic E-state index is 14.8. The first kappa shape index (κ1) is 25.9. The van der Waals surface area contributed by atoms with Crippen LogP contribution < -0.4 is 5.32 Å². The zero-order valence-corrected chi connectivity index (χ0v) is 22.2. The van der Waals surface area contributed by atoms with Gasteiger partial charge in [0.1, 0.15) is 11.9 Å². The van der Waals surface area contributed by atoms with Gasteiger partial charge in [0.05, 0.1) is 21.7 Å². The summed E-state index contributed by atoms with van der Waals surface area (Å²) in [6, 6.07) is 19.3. The average molecular weight is 551 g/mol. The first-order valence-corrected chi connectivity index (χ1v) is 13.2. The Morgan fingerprint density at radius 1 is 1.08 bits per heavy atom. The number of aryl methyl sites for hydroxylation is 1. The number of hydrogen-bond donors (Lipinski definition) is 2. The van der Waals surface area contributed by atoms with Crippen LogP contribution in [0.5, 0.6) is 0 Å². The maximum Gasteiger partial charge on any atom is 0.412 e. The Morgan fingerprint density at radius 3 is 2.37 bits per heavy atom. The number of hydrogen-bond acceptors (Lipinski definition) is 5. The van der Waals surface area contributed by atoms with Crippen LogP contribution in [0.4, 0.5) is 14.9 Å². The number of aromatic nitrogens is 1. The summed E-state index contributed by atoms with van der Waals surface area (Å²) in [5.74, 6) is -1.50. The molecule has 2 N–H and O–H groups in total. The summed E-state index contributed by atoms with van der Waals surface area (Å²) in [7, 11) is 0. The van der Waals surface area contributed by atoms with Crippen LogP contribution in [0, 0.1) is 12.7 Å². The lowest BCUT2D eigenvalue weighted by Gasteiger charge is -2.16. The average Bonchev–Trinajstić information content (AvgIpc) is 3.63. The predicted molar refractivity (Wildman–Crippen MR) is 146 cm³/mol. The van der Waals surface area contributed by atoms with Crippen molar-refractivity contribution in [2.24, 2.45) is 0 Å². The van der Waals surface area contributed by atoms with E-state index >= 15 is 0 Å². The quantitative estimate of drug-likeness (QED) is 0.243. The molecule has 4 aromatic rings. The van der Waals surface area contributed by atoms with E-state index in [2.05, 4.69) is 9.69 Å². The van der Waals surface area contributed by atoms with Crippen LogP contribution in [0.2, 0.25) is 5.02 Å². The van der Waals surface area contributed by atoms with E-state index in [1.54, 1.807) is 38.1 Å². The normalized spacial score (nSPS) is 14.5. The van der Waals surface area contributed by atoms with E-state index in [0.717, 1.165) is 16.0 Å². The van der Waals surface area contributed by atoms with Gasteiger partial charge in [-0.1, -0.05) is 66.2 Å². The summed E-state index contributed by atoms with van der Waals surface area (Å²) in [6.45, 7) is 3.55. The van der Waals surface area contributed by atoms with E-state index in [4.69, 9.17) is 16.3 Å². The van der Waals surface area contributed by atoms with Crippen molar-refractivity contribution < 1.29 is 23.8 Å². The van der Waals surface area contributed by atoms with Gasteiger partial charge >= 0.3 is 12.1 Å². The largest absolute Gasteiger partial charge is 0.481 e. The zero-order chi connectivity index (χ0) is 27.0. The lowest BCUT2D eigenvalue weighted by molar-refractivity contribution is -0.140. The highest BCUT2D eigenvalue weighted by molar-refractivity contribution is 7.10. The van der Waals surface area contributed by atoms with E-state index in [-0.39, 0.29) is 5.56 Å². The van der Waals surface area contributed by atoms with Gasteiger partial charge in [0.15, 0.2) is 0 Å². The van der Waals surface area contributed by atoms with E-state index in [1.165, 1.54) is 17.6 Å². The SMILES string of the molecule is Cc1nsc(-c2ccc(-c3ccc(C4(C(=O)O)CC4)c(F)c3)cc2)c1NC(=O)OC(C)c1ccccc1Cl. The molecule has 0 bridgehead atoms. The lowest BCUT2D eigenvalue weighted by atomic mass is 9.93. The van der Waals surface area contributed by atoms with E-state index < -0.39 is 29.4 Å². The summed E-state index contributed by atoms with van der Waals surface area (Å²) >= 11 is 7.47. The van der Waals surface area contributed by atoms with Crippen molar-refractivity contribution in [1.29, 1.82) is 0 Å². The number of carbonyl (C=O) groups is 2. The number of nitrogens with zero attached hydrogens (tertiary/aromatic N) is 1. The number of aliphatic carboxylic acids is 1. The second-order valence-corrected chi connectivity index (χ2v) is 10.5. The van der Waals surface area contributed by atoms with Gasteiger partial charge in [-0.3, -0.25) is 10.1 Å². The Labute approximate surface area is 228 Å². The number of benzene rings is 3. The lowest BCUT2D eigenvalue weighted by Crippen LogP contribution is -2.20. The molecule has 0 spiro atoms. The third-order valence-electron chi connectivity index (χ3n) is 6.84. The third kappa shape index (κ3) is 4.89. The topological polar surface area (TPSA) is 88.5 Å². The third-order valence-corrected chi connectivity index (χ3v) is 8.17. The molecule has 1 aromatic heterocycles. The van der Waals surface area contributed by atoms with Gasteiger partial charge in [-0.15, -0.1) is 0 Å². The molecule has 1 aliphatic rings. The molecule has 1 fully saturated rings. The standard InChI is InChI=1S/C29H24ClFN2O4S/c1-16-25(32-28(36)37-17(2)21-5-3-4-6-23(21)30)26(38-33-16)19-9-7-18(8-10-19)20-11-12-22(24(31)15-20)29(13-14-29)27(34)35/h3-12,15,17H,13-14H2,1-2H3,(H,32,36)(H,34,35).